The maximum Gasteiger partial charge on any atom is 0.407 e. The molecule has 0 aliphatic heterocycles. The molecule has 1 aliphatic carbocycles. The third-order valence-corrected chi connectivity index (χ3v) is 7.79. The lowest BCUT2D eigenvalue weighted by atomic mass is 9.88. The highest BCUT2D eigenvalue weighted by atomic mass is 16.5. The first-order chi connectivity index (χ1) is 20.9. The number of hydrogen-bond donors (Lipinski definition) is 5. The van der Waals surface area contributed by atoms with Gasteiger partial charge in [0.15, 0.2) is 0 Å². The maximum atomic E-state index is 13.7. The highest BCUT2D eigenvalue weighted by Gasteiger charge is 2.37. The number of ether oxygens (including phenoxy) is 1. The summed E-state index contributed by atoms with van der Waals surface area (Å²) in [6, 6.07) is 24.6. The van der Waals surface area contributed by atoms with Crippen molar-refractivity contribution in [2.75, 3.05) is 13.2 Å². The van der Waals surface area contributed by atoms with Crippen LogP contribution in [0.3, 0.4) is 0 Å². The number of ketones is 1. The van der Waals surface area contributed by atoms with Crippen LogP contribution >= 0.6 is 0 Å². The standard InChI is InChI=1S/C34H40N2O7/c37-18-9-19-43-34(42)35-28(20-24-12-5-2-6-13-24)30(39)22-27(29(38)17-16-23-10-3-1-4-11-23)33(41)36-32-26-15-8-7-14-25(26)21-31(32)40/h1-8,10-15,27-28,30-32,37,39-40H,9,16-22H2,(H,35,42)(H,36,41)/t27-,28+,30+,31-,32+/m1/s1. The van der Waals surface area contributed by atoms with Gasteiger partial charge in [-0.3, -0.25) is 9.59 Å². The zero-order valence-electron chi connectivity index (χ0n) is 24.1. The summed E-state index contributed by atoms with van der Waals surface area (Å²) in [5.74, 6) is -2.14. The molecule has 43 heavy (non-hydrogen) atoms. The molecule has 3 aromatic carbocycles. The van der Waals surface area contributed by atoms with E-state index < -0.39 is 42.2 Å². The fourth-order valence-corrected chi connectivity index (χ4v) is 5.45. The number of amides is 2. The predicted octanol–water partition coefficient (Wildman–Crippen LogP) is 3.05. The number of Topliss-reactive ketones (excluding diaryl/α,β-unsaturated/α-hetero) is 1. The molecule has 0 bridgehead atoms. The van der Waals surface area contributed by atoms with E-state index in [9.17, 15) is 24.6 Å². The molecule has 9 heteroatoms. The van der Waals surface area contributed by atoms with Crippen molar-refractivity contribution in [3.05, 3.63) is 107 Å². The molecule has 4 rings (SSSR count). The minimum Gasteiger partial charge on any atom is -0.449 e. The normalized spacial score (nSPS) is 17.7. The largest absolute Gasteiger partial charge is 0.449 e. The van der Waals surface area contributed by atoms with Gasteiger partial charge in [-0.2, -0.15) is 0 Å². The summed E-state index contributed by atoms with van der Waals surface area (Å²) in [6.07, 6.45) is -1.72. The molecule has 0 fully saturated rings. The van der Waals surface area contributed by atoms with Crippen molar-refractivity contribution < 1.29 is 34.4 Å². The summed E-state index contributed by atoms with van der Waals surface area (Å²) < 4.78 is 5.13. The Morgan fingerprint density at radius 1 is 0.907 bits per heavy atom. The van der Waals surface area contributed by atoms with E-state index in [2.05, 4.69) is 10.6 Å². The quantitative estimate of drug-likeness (QED) is 0.136. The molecule has 228 valence electrons. The summed E-state index contributed by atoms with van der Waals surface area (Å²) in [5.41, 5.74) is 3.52. The summed E-state index contributed by atoms with van der Waals surface area (Å²) in [7, 11) is 0. The van der Waals surface area contributed by atoms with Gasteiger partial charge in [0.25, 0.3) is 0 Å². The van der Waals surface area contributed by atoms with E-state index in [0.717, 1.165) is 22.3 Å². The lowest BCUT2D eigenvalue weighted by Gasteiger charge is -2.28. The third kappa shape index (κ3) is 9.22. The average molecular weight is 589 g/mol. The smallest absolute Gasteiger partial charge is 0.407 e. The van der Waals surface area contributed by atoms with Gasteiger partial charge in [-0.25, -0.2) is 4.79 Å². The molecule has 5 atom stereocenters. The molecule has 3 aromatic rings. The second-order valence-electron chi connectivity index (χ2n) is 10.9. The zero-order valence-corrected chi connectivity index (χ0v) is 24.1. The number of benzene rings is 3. The molecule has 0 saturated carbocycles. The van der Waals surface area contributed by atoms with Gasteiger partial charge >= 0.3 is 6.09 Å². The third-order valence-electron chi connectivity index (χ3n) is 7.79. The molecular formula is C34H40N2O7. The van der Waals surface area contributed by atoms with Gasteiger partial charge in [-0.1, -0.05) is 84.9 Å². The number of alkyl carbamates (subject to hydrolysis) is 1. The Morgan fingerprint density at radius 2 is 1.56 bits per heavy atom. The Hall–Kier alpha value is -4.05. The molecule has 5 N–H and O–H groups in total. The first-order valence-electron chi connectivity index (χ1n) is 14.7. The lowest BCUT2D eigenvalue weighted by molar-refractivity contribution is -0.136. The van der Waals surface area contributed by atoms with Crippen LogP contribution in [0.1, 0.15) is 47.6 Å². The summed E-state index contributed by atoms with van der Waals surface area (Å²) in [5, 5.41) is 36.7. The minimum atomic E-state index is -1.28. The van der Waals surface area contributed by atoms with Crippen LogP contribution in [0.15, 0.2) is 84.9 Å². The van der Waals surface area contributed by atoms with Crippen LogP contribution in [0.4, 0.5) is 4.79 Å². The van der Waals surface area contributed by atoms with Gasteiger partial charge in [-0.05, 0) is 41.5 Å². The van der Waals surface area contributed by atoms with Crippen LogP contribution in [-0.2, 0) is 33.6 Å². The van der Waals surface area contributed by atoms with Gasteiger partial charge in [0.1, 0.15) is 5.78 Å². The average Bonchev–Trinajstić information content (AvgIpc) is 3.33. The van der Waals surface area contributed by atoms with Crippen LogP contribution in [0, 0.1) is 5.92 Å². The number of rotatable bonds is 15. The Labute approximate surface area is 251 Å². The van der Waals surface area contributed by atoms with Crippen LogP contribution in [0.25, 0.3) is 0 Å². The molecule has 0 aromatic heterocycles. The number of hydrogen-bond acceptors (Lipinski definition) is 7. The zero-order chi connectivity index (χ0) is 30.6. The molecule has 1 aliphatic rings. The maximum absolute atomic E-state index is 13.7. The highest BCUT2D eigenvalue weighted by Crippen LogP contribution is 2.32. The van der Waals surface area contributed by atoms with Crippen LogP contribution < -0.4 is 10.6 Å². The Balaban J connectivity index is 1.53. The molecule has 0 unspecified atom stereocenters. The Bertz CT molecular complexity index is 1330. The van der Waals surface area contributed by atoms with Gasteiger partial charge in [-0.15, -0.1) is 0 Å². The number of aryl methyl sites for hydroxylation is 1. The number of nitrogens with one attached hydrogen (secondary N) is 2. The van der Waals surface area contributed by atoms with Gasteiger partial charge in [0.05, 0.1) is 36.8 Å². The van der Waals surface area contributed by atoms with Gasteiger partial charge in [0.2, 0.25) is 5.91 Å². The Morgan fingerprint density at radius 3 is 2.26 bits per heavy atom. The van der Waals surface area contributed by atoms with Crippen molar-refractivity contribution in [2.45, 2.75) is 62.8 Å². The van der Waals surface area contributed by atoms with E-state index in [4.69, 9.17) is 9.84 Å². The number of carbonyl (C=O) groups excluding carboxylic acids is 3. The number of aliphatic hydroxyl groups excluding tert-OH is 3. The van der Waals surface area contributed by atoms with Crippen molar-refractivity contribution in [1.29, 1.82) is 0 Å². The van der Waals surface area contributed by atoms with Crippen LogP contribution in [-0.4, -0.2) is 64.6 Å². The SMILES string of the molecule is O=C(N[C@@H](Cc1ccccc1)[C@@H](O)C[C@H](C(=O)CCc1ccccc1)C(=O)N[C@H]1c2ccccc2C[C@H]1O)OCCCO. The first-order valence-corrected chi connectivity index (χ1v) is 14.7. The minimum absolute atomic E-state index is 0.00464. The second kappa shape index (κ2) is 16.0. The second-order valence-corrected chi connectivity index (χ2v) is 10.9. The Kier molecular flexibility index (Phi) is 11.8. The number of fused-ring (bicyclic) bond motifs is 1. The van der Waals surface area contributed by atoms with E-state index in [1.807, 2.05) is 84.9 Å². The topological polar surface area (TPSA) is 145 Å². The van der Waals surface area contributed by atoms with E-state index in [1.165, 1.54) is 0 Å². The predicted molar refractivity (Wildman–Crippen MR) is 161 cm³/mol. The highest BCUT2D eigenvalue weighted by molar-refractivity contribution is 6.01. The van der Waals surface area contributed by atoms with Gasteiger partial charge in [0, 0.05) is 25.9 Å². The number of carbonyl (C=O) groups is 3. The number of aliphatic hydroxyl groups is 3. The van der Waals surface area contributed by atoms with Crippen molar-refractivity contribution in [3.8, 4) is 0 Å². The lowest BCUT2D eigenvalue weighted by Crippen LogP contribution is -2.48. The molecule has 2 amide bonds. The van der Waals surface area contributed by atoms with E-state index in [1.54, 1.807) is 0 Å². The fraction of sp³-hybridized carbons (Fsp3) is 0.382. The van der Waals surface area contributed by atoms with Crippen molar-refractivity contribution >= 4 is 17.8 Å². The molecule has 0 radical (unpaired) electrons. The van der Waals surface area contributed by atoms with Crippen molar-refractivity contribution in [3.63, 3.8) is 0 Å². The van der Waals surface area contributed by atoms with Crippen molar-refractivity contribution in [2.24, 2.45) is 5.92 Å². The summed E-state index contributed by atoms with van der Waals surface area (Å²) in [6.45, 7) is -0.129. The van der Waals surface area contributed by atoms with E-state index in [0.29, 0.717) is 12.8 Å². The molecule has 0 spiro atoms. The first kappa shape index (κ1) is 31.9. The monoisotopic (exact) mass is 588 g/mol. The summed E-state index contributed by atoms with van der Waals surface area (Å²) >= 11 is 0. The van der Waals surface area contributed by atoms with E-state index >= 15 is 0 Å². The molecular weight excluding hydrogens is 548 g/mol. The molecule has 0 heterocycles. The van der Waals surface area contributed by atoms with Crippen LogP contribution in [0.2, 0.25) is 0 Å². The summed E-state index contributed by atoms with van der Waals surface area (Å²) in [4.78, 5) is 39.9. The fourth-order valence-electron chi connectivity index (χ4n) is 5.45. The van der Waals surface area contributed by atoms with E-state index in [-0.39, 0.29) is 44.7 Å². The molecule has 9 nitrogen and oxygen atoms in total. The van der Waals surface area contributed by atoms with Gasteiger partial charge < -0.3 is 30.7 Å². The van der Waals surface area contributed by atoms with Crippen LogP contribution in [0.5, 0.6) is 0 Å². The van der Waals surface area contributed by atoms with Crippen molar-refractivity contribution in [1.82, 2.24) is 10.6 Å². The molecule has 0 saturated heterocycles.